The molecule has 0 aromatic carbocycles. The zero-order chi connectivity index (χ0) is 21.4. The third-order valence-electron chi connectivity index (χ3n) is 5.33. The van der Waals surface area contributed by atoms with E-state index in [1.807, 2.05) is 13.8 Å². The Hall–Kier alpha value is -1.63. The van der Waals surface area contributed by atoms with Crippen molar-refractivity contribution in [2.24, 2.45) is 22.9 Å². The standard InChI is InChI=1S/C20H37N3O5/c1-5-16(11-8-12-22-23-21)19(28-14-27-4)13-18(24)15(3)9-7-10-17(6-2)20(25)26/h15-17,19H,5-14H2,1-4H3,(H,25,26)/t15-,16-,17+,19+/m0/s1. The van der Waals surface area contributed by atoms with Gasteiger partial charge in [-0.3, -0.25) is 9.59 Å². The van der Waals surface area contributed by atoms with Crippen LogP contribution in [0.3, 0.4) is 0 Å². The van der Waals surface area contributed by atoms with E-state index >= 15 is 0 Å². The van der Waals surface area contributed by atoms with Gasteiger partial charge in [0.15, 0.2) is 0 Å². The second-order valence-corrected chi connectivity index (χ2v) is 7.32. The normalized spacial score (nSPS) is 15.3. The zero-order valence-electron chi connectivity index (χ0n) is 17.8. The van der Waals surface area contributed by atoms with Crippen molar-refractivity contribution in [1.29, 1.82) is 0 Å². The minimum Gasteiger partial charge on any atom is -0.481 e. The highest BCUT2D eigenvalue weighted by molar-refractivity contribution is 5.81. The number of Topliss-reactive ketones (excluding diaryl/α,β-unsaturated/α-hetero) is 1. The van der Waals surface area contributed by atoms with Crippen LogP contribution >= 0.6 is 0 Å². The van der Waals surface area contributed by atoms with Gasteiger partial charge >= 0.3 is 5.97 Å². The van der Waals surface area contributed by atoms with Gasteiger partial charge in [-0.05, 0) is 43.6 Å². The molecule has 0 bridgehead atoms. The van der Waals surface area contributed by atoms with Gasteiger partial charge in [-0.2, -0.15) is 0 Å². The van der Waals surface area contributed by atoms with Crippen molar-refractivity contribution < 1.29 is 24.2 Å². The second kappa shape index (κ2) is 16.3. The van der Waals surface area contributed by atoms with E-state index < -0.39 is 5.97 Å². The molecule has 0 fully saturated rings. The SMILES string of the molecule is CC[C@H](CCC[C@H](C)C(=O)C[C@@H](OCOC)[C@@H](CC)CCCN=[N+]=[N-])C(=O)O. The lowest BCUT2D eigenvalue weighted by molar-refractivity contribution is -0.142. The van der Waals surface area contributed by atoms with Crippen LogP contribution in [0.4, 0.5) is 0 Å². The smallest absolute Gasteiger partial charge is 0.306 e. The Balaban J connectivity index is 4.66. The van der Waals surface area contributed by atoms with E-state index in [9.17, 15) is 9.59 Å². The maximum Gasteiger partial charge on any atom is 0.306 e. The van der Waals surface area contributed by atoms with Crippen LogP contribution < -0.4 is 0 Å². The fraction of sp³-hybridized carbons (Fsp3) is 0.900. The number of ketones is 1. The second-order valence-electron chi connectivity index (χ2n) is 7.32. The minimum absolute atomic E-state index is 0.124. The van der Waals surface area contributed by atoms with Crippen LogP contribution in [-0.2, 0) is 19.1 Å². The van der Waals surface area contributed by atoms with Gasteiger partial charge in [0.2, 0.25) is 0 Å². The summed E-state index contributed by atoms with van der Waals surface area (Å²) in [6.45, 7) is 6.41. The Labute approximate surface area is 168 Å². The number of hydrogen-bond acceptors (Lipinski definition) is 5. The van der Waals surface area contributed by atoms with Crippen molar-refractivity contribution in [1.82, 2.24) is 0 Å². The van der Waals surface area contributed by atoms with Crippen LogP contribution in [0.25, 0.3) is 10.4 Å². The number of methoxy groups -OCH3 is 1. The summed E-state index contributed by atoms with van der Waals surface area (Å²) in [5.74, 6) is -0.892. The number of ether oxygens (including phenoxy) is 2. The summed E-state index contributed by atoms with van der Waals surface area (Å²) in [6, 6.07) is 0. The summed E-state index contributed by atoms with van der Waals surface area (Å²) < 4.78 is 10.8. The molecule has 28 heavy (non-hydrogen) atoms. The van der Waals surface area contributed by atoms with Crippen LogP contribution in [0.5, 0.6) is 0 Å². The van der Waals surface area contributed by atoms with Crippen molar-refractivity contribution in [2.45, 2.75) is 78.2 Å². The number of nitrogens with zero attached hydrogens (tertiary/aromatic N) is 3. The van der Waals surface area contributed by atoms with Gasteiger partial charge in [0.05, 0.1) is 12.0 Å². The summed E-state index contributed by atoms with van der Waals surface area (Å²) >= 11 is 0. The Morgan fingerprint density at radius 1 is 1.14 bits per heavy atom. The first-order valence-corrected chi connectivity index (χ1v) is 10.3. The predicted octanol–water partition coefficient (Wildman–Crippen LogP) is 4.97. The summed E-state index contributed by atoms with van der Waals surface area (Å²) in [7, 11) is 1.55. The molecular weight excluding hydrogens is 362 g/mol. The molecule has 0 heterocycles. The quantitative estimate of drug-likeness (QED) is 0.115. The van der Waals surface area contributed by atoms with Crippen LogP contribution in [0.2, 0.25) is 0 Å². The molecule has 0 saturated heterocycles. The van der Waals surface area contributed by atoms with Crippen molar-refractivity contribution in [2.75, 3.05) is 20.4 Å². The highest BCUT2D eigenvalue weighted by Crippen LogP contribution is 2.24. The third kappa shape index (κ3) is 11.3. The van der Waals surface area contributed by atoms with Crippen molar-refractivity contribution in [3.8, 4) is 0 Å². The van der Waals surface area contributed by atoms with Gasteiger partial charge in [-0.1, -0.05) is 38.7 Å². The third-order valence-corrected chi connectivity index (χ3v) is 5.33. The number of carboxylic acids is 1. The number of azide groups is 1. The fourth-order valence-electron chi connectivity index (χ4n) is 3.37. The highest BCUT2D eigenvalue weighted by Gasteiger charge is 2.26. The lowest BCUT2D eigenvalue weighted by Gasteiger charge is -2.27. The van der Waals surface area contributed by atoms with Gasteiger partial charge in [0, 0.05) is 30.9 Å². The number of hydrogen-bond donors (Lipinski definition) is 1. The van der Waals surface area contributed by atoms with E-state index in [-0.39, 0.29) is 36.4 Å². The molecule has 0 rings (SSSR count). The van der Waals surface area contributed by atoms with E-state index in [0.717, 1.165) is 25.7 Å². The molecule has 8 heteroatoms. The Morgan fingerprint density at radius 2 is 1.86 bits per heavy atom. The van der Waals surface area contributed by atoms with Gasteiger partial charge in [-0.25, -0.2) is 0 Å². The molecule has 0 unspecified atom stereocenters. The van der Waals surface area contributed by atoms with Crippen molar-refractivity contribution in [3.63, 3.8) is 0 Å². The van der Waals surface area contributed by atoms with E-state index in [2.05, 4.69) is 16.9 Å². The van der Waals surface area contributed by atoms with E-state index in [0.29, 0.717) is 32.2 Å². The first-order chi connectivity index (χ1) is 13.4. The molecule has 1 N–H and O–H groups in total. The fourth-order valence-corrected chi connectivity index (χ4v) is 3.37. The molecule has 0 aliphatic carbocycles. The minimum atomic E-state index is -0.763. The number of carbonyl (C=O) groups is 2. The van der Waals surface area contributed by atoms with Crippen LogP contribution in [-0.4, -0.2) is 43.4 Å². The summed E-state index contributed by atoms with van der Waals surface area (Å²) in [5, 5.41) is 12.7. The van der Waals surface area contributed by atoms with Gasteiger partial charge < -0.3 is 14.6 Å². The molecular formula is C20H37N3O5. The summed E-state index contributed by atoms with van der Waals surface area (Å²) in [6.07, 6.45) is 5.16. The summed E-state index contributed by atoms with van der Waals surface area (Å²) in [4.78, 5) is 26.6. The number of carboxylic acid groups (broad SMARTS) is 1. The first-order valence-electron chi connectivity index (χ1n) is 10.3. The molecule has 0 amide bonds. The van der Waals surface area contributed by atoms with Crippen LogP contribution in [0.1, 0.15) is 72.1 Å². The molecule has 0 aliphatic heterocycles. The maximum atomic E-state index is 12.7. The molecule has 0 radical (unpaired) electrons. The monoisotopic (exact) mass is 399 g/mol. The average Bonchev–Trinajstić information content (AvgIpc) is 2.68. The van der Waals surface area contributed by atoms with E-state index in [1.165, 1.54) is 0 Å². The molecule has 0 aromatic rings. The Kier molecular flexibility index (Phi) is 15.4. The number of carbonyl (C=O) groups excluding carboxylic acids is 1. The Morgan fingerprint density at radius 3 is 2.39 bits per heavy atom. The first kappa shape index (κ1) is 26.4. The Bertz CT molecular complexity index is 494. The predicted molar refractivity (Wildman–Crippen MR) is 108 cm³/mol. The lowest BCUT2D eigenvalue weighted by atomic mass is 9.86. The van der Waals surface area contributed by atoms with Crippen LogP contribution in [0.15, 0.2) is 5.11 Å². The molecule has 162 valence electrons. The molecule has 0 aromatic heterocycles. The number of aliphatic carboxylic acids is 1. The lowest BCUT2D eigenvalue weighted by Crippen LogP contribution is -2.30. The van der Waals surface area contributed by atoms with E-state index in [1.54, 1.807) is 7.11 Å². The van der Waals surface area contributed by atoms with Gasteiger partial charge in [0.25, 0.3) is 0 Å². The molecule has 8 nitrogen and oxygen atoms in total. The molecule has 0 aliphatic rings. The average molecular weight is 400 g/mol. The molecule has 4 atom stereocenters. The maximum absolute atomic E-state index is 12.7. The van der Waals surface area contributed by atoms with Crippen molar-refractivity contribution in [3.05, 3.63) is 10.4 Å². The van der Waals surface area contributed by atoms with Crippen LogP contribution in [0, 0.1) is 17.8 Å². The van der Waals surface area contributed by atoms with Gasteiger partial charge in [0.1, 0.15) is 12.6 Å². The van der Waals surface area contributed by atoms with E-state index in [4.69, 9.17) is 20.1 Å². The zero-order valence-corrected chi connectivity index (χ0v) is 17.8. The molecule has 0 saturated carbocycles. The van der Waals surface area contributed by atoms with Gasteiger partial charge in [-0.15, -0.1) is 0 Å². The largest absolute Gasteiger partial charge is 0.481 e. The summed E-state index contributed by atoms with van der Waals surface area (Å²) in [5.41, 5.74) is 8.39. The molecule has 0 spiro atoms. The number of rotatable bonds is 18. The highest BCUT2D eigenvalue weighted by atomic mass is 16.7. The topological polar surface area (TPSA) is 122 Å². The van der Waals surface area contributed by atoms with Crippen molar-refractivity contribution >= 4 is 11.8 Å².